The van der Waals surface area contributed by atoms with E-state index in [0.29, 0.717) is 25.1 Å². The van der Waals surface area contributed by atoms with Crippen LogP contribution in [0.15, 0.2) is 0 Å². The summed E-state index contributed by atoms with van der Waals surface area (Å²) >= 11 is 0. The lowest BCUT2D eigenvalue weighted by atomic mass is 10.1. The molecule has 0 aliphatic carbocycles. The average Bonchev–Trinajstić information content (AvgIpc) is 2.33. The minimum Gasteiger partial charge on any atom is -0.466 e. The molecule has 2 atom stereocenters. The van der Waals surface area contributed by atoms with Gasteiger partial charge in [-0.15, -0.1) is 0 Å². The first-order valence-electron chi connectivity index (χ1n) is 7.26. The van der Waals surface area contributed by atoms with Crippen LogP contribution < -0.4 is 5.32 Å². The summed E-state index contributed by atoms with van der Waals surface area (Å²) in [7, 11) is 0. The second-order valence-electron chi connectivity index (χ2n) is 5.27. The fourth-order valence-electron chi connectivity index (χ4n) is 2.40. The number of unbranched alkanes of at least 4 members (excludes halogenated alkanes) is 2. The molecule has 0 saturated carbocycles. The lowest BCUT2D eigenvalue weighted by Crippen LogP contribution is -2.54. The third kappa shape index (κ3) is 5.83. The second-order valence-corrected chi connectivity index (χ2v) is 5.27. The Morgan fingerprint density at radius 2 is 2.11 bits per heavy atom. The molecule has 1 fully saturated rings. The Hall–Kier alpha value is -0.610. The third-order valence-electron chi connectivity index (χ3n) is 3.52. The molecule has 0 spiro atoms. The molecule has 1 rings (SSSR count). The van der Waals surface area contributed by atoms with E-state index in [1.165, 1.54) is 6.42 Å². The van der Waals surface area contributed by atoms with Crippen molar-refractivity contribution in [2.24, 2.45) is 0 Å². The van der Waals surface area contributed by atoms with Crippen molar-refractivity contribution >= 4 is 5.97 Å². The number of nitrogens with zero attached hydrogens (tertiary/aromatic N) is 1. The van der Waals surface area contributed by atoms with E-state index >= 15 is 0 Å². The summed E-state index contributed by atoms with van der Waals surface area (Å²) in [5.41, 5.74) is 0. The van der Waals surface area contributed by atoms with Crippen LogP contribution >= 0.6 is 0 Å². The normalized spacial score (nSPS) is 25.1. The van der Waals surface area contributed by atoms with Gasteiger partial charge in [0, 0.05) is 31.6 Å². The maximum Gasteiger partial charge on any atom is 0.305 e. The lowest BCUT2D eigenvalue weighted by Gasteiger charge is -2.37. The molecular weight excluding hydrogens is 228 g/mol. The summed E-state index contributed by atoms with van der Waals surface area (Å²) < 4.78 is 4.91. The topological polar surface area (TPSA) is 41.6 Å². The molecule has 2 unspecified atom stereocenters. The number of carbonyl (C=O) groups excluding carboxylic acids is 1. The van der Waals surface area contributed by atoms with Gasteiger partial charge in [-0.25, -0.2) is 0 Å². The highest BCUT2D eigenvalue weighted by Gasteiger charge is 2.21. The number of esters is 1. The molecular formula is C14H28N2O2. The molecule has 1 heterocycles. The maximum atomic E-state index is 11.2. The zero-order valence-electron chi connectivity index (χ0n) is 12.1. The van der Waals surface area contributed by atoms with Gasteiger partial charge in [-0.1, -0.05) is 6.42 Å². The van der Waals surface area contributed by atoms with Gasteiger partial charge in [0.05, 0.1) is 6.61 Å². The Bertz CT molecular complexity index is 246. The van der Waals surface area contributed by atoms with Gasteiger partial charge in [-0.3, -0.25) is 9.69 Å². The van der Waals surface area contributed by atoms with Crippen LogP contribution in [0.25, 0.3) is 0 Å². The number of ether oxygens (including phenoxy) is 1. The van der Waals surface area contributed by atoms with E-state index < -0.39 is 0 Å². The second kappa shape index (κ2) is 8.48. The predicted octanol–water partition coefficient (Wildman–Crippen LogP) is 1.79. The van der Waals surface area contributed by atoms with Gasteiger partial charge in [0.1, 0.15) is 0 Å². The van der Waals surface area contributed by atoms with E-state index in [4.69, 9.17) is 4.74 Å². The van der Waals surface area contributed by atoms with Crippen molar-refractivity contribution in [3.63, 3.8) is 0 Å². The maximum absolute atomic E-state index is 11.2. The van der Waals surface area contributed by atoms with Gasteiger partial charge in [0.25, 0.3) is 0 Å². The molecule has 106 valence electrons. The zero-order chi connectivity index (χ0) is 13.4. The zero-order valence-corrected chi connectivity index (χ0v) is 12.1. The summed E-state index contributed by atoms with van der Waals surface area (Å²) in [5.74, 6) is -0.0540. The van der Waals surface area contributed by atoms with Crippen molar-refractivity contribution < 1.29 is 9.53 Å². The molecule has 4 heteroatoms. The molecule has 0 amide bonds. The molecule has 1 aliphatic heterocycles. The van der Waals surface area contributed by atoms with E-state index in [1.54, 1.807) is 0 Å². The summed E-state index contributed by atoms with van der Waals surface area (Å²) in [4.78, 5) is 13.7. The minimum absolute atomic E-state index is 0.0540. The Balaban J connectivity index is 2.04. The first-order valence-corrected chi connectivity index (χ1v) is 7.26. The standard InChI is InChI=1S/C14H28N2O2/c1-4-18-14(17)8-6-5-7-9-16-11-12(2)15-10-13(16)3/h12-13,15H,4-11H2,1-3H3. The van der Waals surface area contributed by atoms with Crippen LogP contribution in [0.2, 0.25) is 0 Å². The van der Waals surface area contributed by atoms with Crippen LogP contribution in [-0.4, -0.2) is 49.2 Å². The predicted molar refractivity (Wildman–Crippen MR) is 73.6 cm³/mol. The Labute approximate surface area is 111 Å². The first-order chi connectivity index (χ1) is 8.63. The molecule has 0 radical (unpaired) electrons. The van der Waals surface area contributed by atoms with E-state index in [9.17, 15) is 4.79 Å². The van der Waals surface area contributed by atoms with Crippen LogP contribution in [0.5, 0.6) is 0 Å². The monoisotopic (exact) mass is 256 g/mol. The van der Waals surface area contributed by atoms with E-state index in [1.807, 2.05) is 6.92 Å². The van der Waals surface area contributed by atoms with Crippen molar-refractivity contribution in [2.75, 3.05) is 26.2 Å². The molecule has 1 saturated heterocycles. The SMILES string of the molecule is CCOC(=O)CCCCCN1CC(C)NCC1C. The van der Waals surface area contributed by atoms with Gasteiger partial charge < -0.3 is 10.1 Å². The first kappa shape index (κ1) is 15.4. The van der Waals surface area contributed by atoms with E-state index in [0.717, 1.165) is 32.5 Å². The molecule has 0 aromatic carbocycles. The van der Waals surface area contributed by atoms with Crippen molar-refractivity contribution in [3.8, 4) is 0 Å². The molecule has 0 bridgehead atoms. The van der Waals surface area contributed by atoms with E-state index in [-0.39, 0.29) is 5.97 Å². The van der Waals surface area contributed by atoms with Crippen LogP contribution in [0.4, 0.5) is 0 Å². The van der Waals surface area contributed by atoms with Gasteiger partial charge in [-0.2, -0.15) is 0 Å². The van der Waals surface area contributed by atoms with Crippen LogP contribution in [0, 0.1) is 0 Å². The van der Waals surface area contributed by atoms with Gasteiger partial charge >= 0.3 is 5.97 Å². The fraction of sp³-hybridized carbons (Fsp3) is 0.929. The number of hydrogen-bond donors (Lipinski definition) is 1. The number of piperazine rings is 1. The summed E-state index contributed by atoms with van der Waals surface area (Å²) in [5, 5.41) is 3.49. The lowest BCUT2D eigenvalue weighted by molar-refractivity contribution is -0.143. The van der Waals surface area contributed by atoms with Crippen LogP contribution in [-0.2, 0) is 9.53 Å². The minimum atomic E-state index is -0.0540. The smallest absolute Gasteiger partial charge is 0.305 e. The summed E-state index contributed by atoms with van der Waals surface area (Å²) in [6.07, 6.45) is 3.82. The quantitative estimate of drug-likeness (QED) is 0.557. The molecule has 1 aliphatic rings. The molecule has 18 heavy (non-hydrogen) atoms. The van der Waals surface area contributed by atoms with Crippen molar-refractivity contribution in [1.82, 2.24) is 10.2 Å². The van der Waals surface area contributed by atoms with Crippen molar-refractivity contribution in [1.29, 1.82) is 0 Å². The van der Waals surface area contributed by atoms with Gasteiger partial charge in [-0.05, 0) is 40.2 Å². The van der Waals surface area contributed by atoms with Crippen LogP contribution in [0.3, 0.4) is 0 Å². The summed E-state index contributed by atoms with van der Waals surface area (Å²) in [6.45, 7) is 10.2. The highest BCUT2D eigenvalue weighted by molar-refractivity contribution is 5.69. The molecule has 1 N–H and O–H groups in total. The summed E-state index contributed by atoms with van der Waals surface area (Å²) in [6, 6.07) is 1.23. The highest BCUT2D eigenvalue weighted by atomic mass is 16.5. The third-order valence-corrected chi connectivity index (χ3v) is 3.52. The highest BCUT2D eigenvalue weighted by Crippen LogP contribution is 2.09. The number of carbonyl (C=O) groups is 1. The molecule has 4 nitrogen and oxygen atoms in total. The Morgan fingerprint density at radius 1 is 1.33 bits per heavy atom. The van der Waals surface area contributed by atoms with Crippen LogP contribution in [0.1, 0.15) is 46.5 Å². The fourth-order valence-corrected chi connectivity index (χ4v) is 2.40. The van der Waals surface area contributed by atoms with Crippen molar-refractivity contribution in [3.05, 3.63) is 0 Å². The van der Waals surface area contributed by atoms with E-state index in [2.05, 4.69) is 24.1 Å². The average molecular weight is 256 g/mol. The molecule has 0 aromatic heterocycles. The molecule has 0 aromatic rings. The Kier molecular flexibility index (Phi) is 7.28. The number of nitrogens with one attached hydrogen (secondary N) is 1. The Morgan fingerprint density at radius 3 is 2.83 bits per heavy atom. The number of rotatable bonds is 7. The van der Waals surface area contributed by atoms with Crippen molar-refractivity contribution in [2.45, 2.75) is 58.5 Å². The largest absolute Gasteiger partial charge is 0.466 e. The number of hydrogen-bond acceptors (Lipinski definition) is 4. The van der Waals surface area contributed by atoms with Gasteiger partial charge in [0.15, 0.2) is 0 Å². The van der Waals surface area contributed by atoms with Gasteiger partial charge in [0.2, 0.25) is 0 Å².